The summed E-state index contributed by atoms with van der Waals surface area (Å²) in [6, 6.07) is 5.73. The third-order valence-corrected chi connectivity index (χ3v) is 4.22. The summed E-state index contributed by atoms with van der Waals surface area (Å²) in [4.78, 5) is 12.6. The van der Waals surface area contributed by atoms with Gasteiger partial charge in [0.1, 0.15) is 5.82 Å². The quantitative estimate of drug-likeness (QED) is 0.892. The molecule has 0 aromatic heterocycles. The first kappa shape index (κ1) is 15.9. The molecule has 5 heteroatoms. The van der Waals surface area contributed by atoms with Gasteiger partial charge in [-0.3, -0.25) is 4.79 Å². The molecule has 3 atom stereocenters. The summed E-state index contributed by atoms with van der Waals surface area (Å²) in [7, 11) is 0. The van der Waals surface area contributed by atoms with Crippen LogP contribution in [0.15, 0.2) is 24.3 Å². The maximum atomic E-state index is 13.1. The molecule has 1 aromatic rings. The van der Waals surface area contributed by atoms with Crippen LogP contribution in [0.5, 0.6) is 0 Å². The van der Waals surface area contributed by atoms with Crippen molar-refractivity contribution in [2.24, 2.45) is 17.1 Å². The Morgan fingerprint density at radius 2 is 2.05 bits per heavy atom. The molecule has 1 aliphatic heterocycles. The van der Waals surface area contributed by atoms with E-state index in [0.717, 1.165) is 5.56 Å². The Bertz CT molecular complexity index is 504. The standard InChI is InChI=1S/C16H23FN2O2/c1-10(2)14(11-4-6-12(17)7-5-11)19-15(20)16(3)9-21-8-13(16)18/h4-7,10,13-14H,8-9,18H2,1-3H3,(H,19,20). The molecule has 1 aromatic carbocycles. The Labute approximate surface area is 124 Å². The summed E-state index contributed by atoms with van der Waals surface area (Å²) < 4.78 is 18.4. The second-order valence-electron chi connectivity index (χ2n) is 6.29. The number of ether oxygens (including phenoxy) is 1. The molecule has 0 aliphatic carbocycles. The van der Waals surface area contributed by atoms with Gasteiger partial charge in [-0.1, -0.05) is 26.0 Å². The first-order chi connectivity index (χ1) is 9.84. The van der Waals surface area contributed by atoms with Crippen molar-refractivity contribution in [1.29, 1.82) is 0 Å². The predicted octanol–water partition coefficient (Wildman–Crippen LogP) is 2.00. The normalized spacial score (nSPS) is 26.9. The van der Waals surface area contributed by atoms with Crippen LogP contribution in [0, 0.1) is 17.2 Å². The van der Waals surface area contributed by atoms with Gasteiger partial charge in [-0.15, -0.1) is 0 Å². The van der Waals surface area contributed by atoms with Crippen LogP contribution < -0.4 is 11.1 Å². The molecule has 0 bridgehead atoms. The van der Waals surface area contributed by atoms with E-state index in [4.69, 9.17) is 10.5 Å². The SMILES string of the molecule is CC(C)C(NC(=O)C1(C)COCC1N)c1ccc(F)cc1. The number of hydrogen-bond donors (Lipinski definition) is 2. The van der Waals surface area contributed by atoms with Crippen molar-refractivity contribution < 1.29 is 13.9 Å². The summed E-state index contributed by atoms with van der Waals surface area (Å²) in [5.74, 6) is -0.220. The van der Waals surface area contributed by atoms with Gasteiger partial charge in [0.25, 0.3) is 0 Å². The molecule has 1 saturated heterocycles. The molecule has 116 valence electrons. The summed E-state index contributed by atoms with van der Waals surface area (Å²) >= 11 is 0. The van der Waals surface area contributed by atoms with Crippen LogP contribution in [0.25, 0.3) is 0 Å². The molecule has 1 heterocycles. The van der Waals surface area contributed by atoms with Crippen LogP contribution in [0.2, 0.25) is 0 Å². The molecule has 4 nitrogen and oxygen atoms in total. The van der Waals surface area contributed by atoms with Gasteiger partial charge >= 0.3 is 0 Å². The number of halogens is 1. The van der Waals surface area contributed by atoms with E-state index in [-0.39, 0.29) is 29.7 Å². The second kappa shape index (κ2) is 6.12. The number of carbonyl (C=O) groups excluding carboxylic acids is 1. The van der Waals surface area contributed by atoms with E-state index in [1.54, 1.807) is 12.1 Å². The minimum absolute atomic E-state index is 0.115. The van der Waals surface area contributed by atoms with Crippen molar-refractivity contribution in [2.45, 2.75) is 32.9 Å². The zero-order valence-electron chi connectivity index (χ0n) is 12.7. The van der Waals surface area contributed by atoms with E-state index in [9.17, 15) is 9.18 Å². The van der Waals surface area contributed by atoms with Crippen LogP contribution in [0.3, 0.4) is 0 Å². The summed E-state index contributed by atoms with van der Waals surface area (Å²) in [6.45, 7) is 6.58. The van der Waals surface area contributed by atoms with Crippen LogP contribution in [0.4, 0.5) is 4.39 Å². The molecule has 2 rings (SSSR count). The van der Waals surface area contributed by atoms with Crippen LogP contribution in [-0.2, 0) is 9.53 Å². The highest BCUT2D eigenvalue weighted by molar-refractivity contribution is 5.84. The van der Waals surface area contributed by atoms with Crippen LogP contribution in [-0.4, -0.2) is 25.2 Å². The third-order valence-electron chi connectivity index (χ3n) is 4.22. The first-order valence-corrected chi connectivity index (χ1v) is 7.24. The molecule has 3 N–H and O–H groups in total. The van der Waals surface area contributed by atoms with Crippen molar-refractivity contribution in [3.05, 3.63) is 35.6 Å². The fraction of sp³-hybridized carbons (Fsp3) is 0.562. The van der Waals surface area contributed by atoms with Gasteiger partial charge in [-0.05, 0) is 30.5 Å². The fourth-order valence-electron chi connectivity index (χ4n) is 2.53. The van der Waals surface area contributed by atoms with Gasteiger partial charge < -0.3 is 15.8 Å². The predicted molar refractivity (Wildman–Crippen MR) is 79.0 cm³/mol. The Hall–Kier alpha value is -1.46. The van der Waals surface area contributed by atoms with Crippen molar-refractivity contribution in [3.63, 3.8) is 0 Å². The largest absolute Gasteiger partial charge is 0.379 e. The summed E-state index contributed by atoms with van der Waals surface area (Å²) in [6.07, 6.45) is 0. The van der Waals surface area contributed by atoms with Crippen molar-refractivity contribution in [3.8, 4) is 0 Å². The summed E-state index contributed by atoms with van der Waals surface area (Å²) in [5.41, 5.74) is 6.16. The number of nitrogens with one attached hydrogen (secondary N) is 1. The van der Waals surface area contributed by atoms with Gasteiger partial charge in [0.2, 0.25) is 5.91 Å². The lowest BCUT2D eigenvalue weighted by atomic mass is 9.83. The number of hydrogen-bond acceptors (Lipinski definition) is 3. The molecule has 3 unspecified atom stereocenters. The van der Waals surface area contributed by atoms with Crippen molar-refractivity contribution in [1.82, 2.24) is 5.32 Å². The lowest BCUT2D eigenvalue weighted by Crippen LogP contribution is -2.51. The zero-order valence-corrected chi connectivity index (χ0v) is 12.7. The number of nitrogens with two attached hydrogens (primary N) is 1. The second-order valence-corrected chi connectivity index (χ2v) is 6.29. The average molecular weight is 294 g/mol. The number of amides is 1. The Kier molecular flexibility index (Phi) is 4.64. The lowest BCUT2D eigenvalue weighted by Gasteiger charge is -2.30. The lowest BCUT2D eigenvalue weighted by molar-refractivity contribution is -0.131. The molecule has 1 fully saturated rings. The van der Waals surface area contributed by atoms with Gasteiger partial charge in [-0.2, -0.15) is 0 Å². The van der Waals surface area contributed by atoms with Gasteiger partial charge in [0, 0.05) is 6.04 Å². The van der Waals surface area contributed by atoms with E-state index < -0.39 is 5.41 Å². The van der Waals surface area contributed by atoms with E-state index in [1.165, 1.54) is 12.1 Å². The smallest absolute Gasteiger partial charge is 0.230 e. The number of rotatable bonds is 4. The topological polar surface area (TPSA) is 64.3 Å². The monoisotopic (exact) mass is 294 g/mol. The van der Waals surface area contributed by atoms with E-state index in [0.29, 0.717) is 13.2 Å². The molecule has 0 radical (unpaired) electrons. The first-order valence-electron chi connectivity index (χ1n) is 7.24. The van der Waals surface area contributed by atoms with Gasteiger partial charge in [0.15, 0.2) is 0 Å². The van der Waals surface area contributed by atoms with E-state index in [1.807, 2.05) is 20.8 Å². The highest BCUT2D eigenvalue weighted by Crippen LogP contribution is 2.30. The molecule has 1 amide bonds. The Balaban J connectivity index is 2.17. The van der Waals surface area contributed by atoms with E-state index >= 15 is 0 Å². The molecular weight excluding hydrogens is 271 g/mol. The average Bonchev–Trinajstić information content (AvgIpc) is 2.78. The number of carbonyl (C=O) groups is 1. The highest BCUT2D eigenvalue weighted by Gasteiger charge is 2.45. The van der Waals surface area contributed by atoms with Gasteiger partial charge in [-0.25, -0.2) is 4.39 Å². The molecule has 21 heavy (non-hydrogen) atoms. The molecular formula is C16H23FN2O2. The minimum atomic E-state index is -0.715. The fourth-order valence-corrected chi connectivity index (χ4v) is 2.53. The maximum absolute atomic E-state index is 13.1. The molecule has 0 spiro atoms. The Morgan fingerprint density at radius 1 is 1.43 bits per heavy atom. The summed E-state index contributed by atoms with van der Waals surface area (Å²) in [5, 5.41) is 3.04. The maximum Gasteiger partial charge on any atom is 0.230 e. The number of benzene rings is 1. The van der Waals surface area contributed by atoms with Crippen LogP contribution in [0.1, 0.15) is 32.4 Å². The Morgan fingerprint density at radius 3 is 2.52 bits per heavy atom. The van der Waals surface area contributed by atoms with E-state index in [2.05, 4.69) is 5.32 Å². The van der Waals surface area contributed by atoms with Crippen LogP contribution >= 0.6 is 0 Å². The highest BCUT2D eigenvalue weighted by atomic mass is 19.1. The molecule has 1 aliphatic rings. The molecule has 0 saturated carbocycles. The third kappa shape index (κ3) is 3.24. The zero-order chi connectivity index (χ0) is 15.6. The van der Waals surface area contributed by atoms with Gasteiger partial charge in [0.05, 0.1) is 24.7 Å². The minimum Gasteiger partial charge on any atom is -0.379 e. The van der Waals surface area contributed by atoms with Crippen molar-refractivity contribution >= 4 is 5.91 Å². The van der Waals surface area contributed by atoms with Crippen molar-refractivity contribution in [2.75, 3.05) is 13.2 Å².